The molecule has 1 N–H and O–H groups in total. The number of hydrogen-bond acceptors (Lipinski definition) is 3. The molecular weight excluding hydrogens is 302 g/mol. The molecule has 0 fully saturated rings. The molecule has 0 radical (unpaired) electrons. The van der Waals surface area contributed by atoms with Crippen molar-refractivity contribution >= 4 is 39.0 Å². The molecule has 0 saturated heterocycles. The molecule has 1 amide bonds. The number of carbonyl (C=O) groups excluding carboxylic acids is 1. The number of halogens is 1. The van der Waals surface area contributed by atoms with Crippen LogP contribution in [0.4, 0.5) is 5.82 Å². The van der Waals surface area contributed by atoms with Crippen LogP contribution >= 0.6 is 27.3 Å². The minimum Gasteiger partial charge on any atom is -0.311 e. The van der Waals surface area contributed by atoms with Gasteiger partial charge in [0.1, 0.15) is 5.82 Å². The van der Waals surface area contributed by atoms with Gasteiger partial charge in [0.25, 0.3) is 0 Å². The summed E-state index contributed by atoms with van der Waals surface area (Å²) >= 11 is 5.12. The highest BCUT2D eigenvalue weighted by molar-refractivity contribution is 9.11. The van der Waals surface area contributed by atoms with Crippen LogP contribution in [0.2, 0.25) is 0 Å². The van der Waals surface area contributed by atoms with E-state index in [1.54, 1.807) is 16.0 Å². The molecule has 88 valence electrons. The lowest BCUT2D eigenvalue weighted by Crippen LogP contribution is -2.23. The zero-order valence-corrected chi connectivity index (χ0v) is 11.5. The van der Waals surface area contributed by atoms with Crippen LogP contribution in [0.25, 0.3) is 0 Å². The van der Waals surface area contributed by atoms with Crippen molar-refractivity contribution in [1.29, 1.82) is 0 Å². The quantitative estimate of drug-likeness (QED) is 0.880. The lowest BCUT2D eigenvalue weighted by molar-refractivity contribution is -0.116. The van der Waals surface area contributed by atoms with Gasteiger partial charge >= 0.3 is 0 Å². The van der Waals surface area contributed by atoms with Gasteiger partial charge in [-0.05, 0) is 28.1 Å². The molecule has 1 aliphatic rings. The number of nitrogens with one attached hydrogen (secondary N) is 1. The van der Waals surface area contributed by atoms with Crippen LogP contribution in [0, 0.1) is 0 Å². The molecule has 2 aromatic rings. The van der Waals surface area contributed by atoms with E-state index in [0.29, 0.717) is 6.42 Å². The molecule has 6 heteroatoms. The Hall–Kier alpha value is -1.14. The first kappa shape index (κ1) is 11.0. The zero-order chi connectivity index (χ0) is 12.0. The Morgan fingerprint density at radius 3 is 3.12 bits per heavy atom. The molecule has 0 unspecified atom stereocenters. The lowest BCUT2D eigenvalue weighted by Gasteiger charge is -2.21. The second-order valence-electron chi connectivity index (χ2n) is 4.02. The van der Waals surface area contributed by atoms with Gasteiger partial charge in [-0.1, -0.05) is 0 Å². The fourth-order valence-electron chi connectivity index (χ4n) is 2.11. The molecule has 4 nitrogen and oxygen atoms in total. The second kappa shape index (κ2) is 3.96. The fraction of sp³-hybridized carbons (Fsp3) is 0.273. The number of carbonyl (C=O) groups is 1. The maximum Gasteiger partial charge on any atom is 0.226 e. The van der Waals surface area contributed by atoms with E-state index in [2.05, 4.69) is 32.4 Å². The average Bonchev–Trinajstić information content (AvgIpc) is 2.86. The minimum atomic E-state index is 0.0515. The Morgan fingerprint density at radius 1 is 1.59 bits per heavy atom. The summed E-state index contributed by atoms with van der Waals surface area (Å²) < 4.78 is 2.80. The van der Waals surface area contributed by atoms with Gasteiger partial charge in [0, 0.05) is 29.8 Å². The predicted molar refractivity (Wildman–Crippen MR) is 70.3 cm³/mol. The van der Waals surface area contributed by atoms with Crippen LogP contribution in [0.5, 0.6) is 0 Å². The number of nitrogens with zero attached hydrogens (tertiary/aromatic N) is 2. The van der Waals surface area contributed by atoms with Crippen LogP contribution in [0.15, 0.2) is 22.1 Å². The van der Waals surface area contributed by atoms with Crippen molar-refractivity contribution in [2.24, 2.45) is 7.05 Å². The topological polar surface area (TPSA) is 46.9 Å². The first-order valence-electron chi connectivity index (χ1n) is 5.22. The van der Waals surface area contributed by atoms with Crippen molar-refractivity contribution < 1.29 is 4.79 Å². The highest BCUT2D eigenvalue weighted by atomic mass is 79.9. The van der Waals surface area contributed by atoms with Gasteiger partial charge in [0.15, 0.2) is 0 Å². The largest absolute Gasteiger partial charge is 0.311 e. The summed E-state index contributed by atoms with van der Waals surface area (Å²) in [5.41, 5.74) is 1.10. The first-order valence-corrected chi connectivity index (χ1v) is 6.83. The van der Waals surface area contributed by atoms with E-state index in [4.69, 9.17) is 0 Å². The number of rotatable bonds is 1. The van der Waals surface area contributed by atoms with Crippen LogP contribution in [-0.2, 0) is 11.8 Å². The molecule has 3 rings (SSSR count). The molecule has 1 atom stereocenters. The molecule has 0 saturated carbocycles. The SMILES string of the molecule is Cn1ncc2c1NC(=O)C[C@H]2c1ccc(Br)s1. The summed E-state index contributed by atoms with van der Waals surface area (Å²) in [5.74, 6) is 0.996. The molecule has 17 heavy (non-hydrogen) atoms. The van der Waals surface area contributed by atoms with E-state index in [-0.39, 0.29) is 11.8 Å². The third-order valence-electron chi connectivity index (χ3n) is 2.93. The minimum absolute atomic E-state index is 0.0515. The summed E-state index contributed by atoms with van der Waals surface area (Å²) in [6.07, 6.45) is 2.33. The van der Waals surface area contributed by atoms with Crippen molar-refractivity contribution in [2.45, 2.75) is 12.3 Å². The second-order valence-corrected chi connectivity index (χ2v) is 6.51. The van der Waals surface area contributed by atoms with Gasteiger partial charge in [-0.3, -0.25) is 9.48 Å². The van der Waals surface area contributed by atoms with Crippen molar-refractivity contribution in [1.82, 2.24) is 9.78 Å². The Kier molecular flexibility index (Phi) is 2.56. The number of thiophene rings is 1. The van der Waals surface area contributed by atoms with E-state index in [9.17, 15) is 4.79 Å². The van der Waals surface area contributed by atoms with E-state index in [1.807, 2.05) is 19.3 Å². The standard InChI is InChI=1S/C11H10BrN3OS/c1-15-11-7(5-13-15)6(4-10(16)14-11)8-2-3-9(12)17-8/h2-3,5-6H,4H2,1H3,(H,14,16)/t6-/m1/s1. The van der Waals surface area contributed by atoms with Crippen LogP contribution < -0.4 is 5.32 Å². The van der Waals surface area contributed by atoms with Gasteiger partial charge in [0.05, 0.1) is 9.98 Å². The molecule has 3 heterocycles. The van der Waals surface area contributed by atoms with Gasteiger partial charge in [-0.25, -0.2) is 0 Å². The van der Waals surface area contributed by atoms with Gasteiger partial charge in [-0.15, -0.1) is 11.3 Å². The first-order chi connectivity index (χ1) is 8.15. The van der Waals surface area contributed by atoms with Crippen molar-refractivity contribution in [3.8, 4) is 0 Å². The van der Waals surface area contributed by atoms with Crippen molar-refractivity contribution in [3.05, 3.63) is 32.6 Å². The van der Waals surface area contributed by atoms with Crippen LogP contribution in [0.3, 0.4) is 0 Å². The fourth-order valence-corrected chi connectivity index (χ4v) is 3.65. The highest BCUT2D eigenvalue weighted by Gasteiger charge is 2.30. The normalized spacial score (nSPS) is 18.9. The van der Waals surface area contributed by atoms with E-state index >= 15 is 0 Å². The summed E-state index contributed by atoms with van der Waals surface area (Å²) in [7, 11) is 1.84. The van der Waals surface area contributed by atoms with E-state index in [1.165, 1.54) is 4.88 Å². The molecule has 0 bridgehead atoms. The van der Waals surface area contributed by atoms with Crippen LogP contribution in [0.1, 0.15) is 22.8 Å². The molecule has 2 aromatic heterocycles. The average molecular weight is 312 g/mol. The number of fused-ring (bicyclic) bond motifs is 1. The van der Waals surface area contributed by atoms with Gasteiger partial charge in [-0.2, -0.15) is 5.10 Å². The molecule has 0 aromatic carbocycles. The Labute approximate surface area is 111 Å². The number of hydrogen-bond donors (Lipinski definition) is 1. The lowest BCUT2D eigenvalue weighted by atomic mass is 9.93. The van der Waals surface area contributed by atoms with E-state index < -0.39 is 0 Å². The molecular formula is C11H10BrN3OS. The monoisotopic (exact) mass is 311 g/mol. The summed E-state index contributed by atoms with van der Waals surface area (Å²) in [4.78, 5) is 12.9. The van der Waals surface area contributed by atoms with Crippen molar-refractivity contribution in [3.63, 3.8) is 0 Å². The van der Waals surface area contributed by atoms with Crippen LogP contribution in [-0.4, -0.2) is 15.7 Å². The summed E-state index contributed by atoms with van der Waals surface area (Å²) in [6.45, 7) is 0. The number of aromatic nitrogens is 2. The number of anilines is 1. The van der Waals surface area contributed by atoms with E-state index in [0.717, 1.165) is 15.2 Å². The summed E-state index contributed by atoms with van der Waals surface area (Å²) in [6, 6.07) is 4.08. The number of aryl methyl sites for hydroxylation is 1. The zero-order valence-electron chi connectivity index (χ0n) is 9.11. The number of amides is 1. The maximum atomic E-state index is 11.7. The third-order valence-corrected chi connectivity index (χ3v) is 4.66. The molecule has 1 aliphatic heterocycles. The third kappa shape index (κ3) is 1.81. The maximum absolute atomic E-state index is 11.7. The molecule has 0 spiro atoms. The van der Waals surface area contributed by atoms with Gasteiger partial charge in [0.2, 0.25) is 5.91 Å². The summed E-state index contributed by atoms with van der Waals surface area (Å²) in [5, 5.41) is 7.08. The van der Waals surface area contributed by atoms with Crippen molar-refractivity contribution in [2.75, 3.05) is 5.32 Å². The predicted octanol–water partition coefficient (Wildman–Crippen LogP) is 2.72. The molecule has 0 aliphatic carbocycles. The smallest absolute Gasteiger partial charge is 0.226 e. The van der Waals surface area contributed by atoms with Gasteiger partial charge < -0.3 is 5.32 Å². The highest BCUT2D eigenvalue weighted by Crippen LogP contribution is 2.40. The Morgan fingerprint density at radius 2 is 2.41 bits per heavy atom. The Balaban J connectivity index is 2.09. The Bertz CT molecular complexity index is 589.